The van der Waals surface area contributed by atoms with Crippen LogP contribution in [0, 0.1) is 0 Å². The Morgan fingerprint density at radius 1 is 1.04 bits per heavy atom. The number of aromatic nitrogens is 2. The van der Waals surface area contributed by atoms with Gasteiger partial charge in [0.15, 0.2) is 0 Å². The third-order valence-corrected chi connectivity index (χ3v) is 4.02. The number of carbonyl (C=O) groups is 2. The molecule has 1 amide bonds. The van der Waals surface area contributed by atoms with Gasteiger partial charge in [0.1, 0.15) is 6.04 Å². The van der Waals surface area contributed by atoms with Crippen molar-refractivity contribution in [1.82, 2.24) is 15.5 Å². The van der Waals surface area contributed by atoms with Gasteiger partial charge in [0, 0.05) is 11.8 Å². The molecule has 0 saturated carbocycles. The van der Waals surface area contributed by atoms with Crippen molar-refractivity contribution < 1.29 is 14.7 Å². The number of aliphatic carboxylic acids is 1. The van der Waals surface area contributed by atoms with Crippen molar-refractivity contribution in [3.8, 4) is 0 Å². The molecule has 3 rings (SSSR count). The number of carbonyl (C=O) groups excluding carboxylic acids is 1. The topological polar surface area (TPSA) is 112 Å². The first-order valence-electron chi connectivity index (χ1n) is 8.07. The van der Waals surface area contributed by atoms with E-state index in [0.717, 1.165) is 5.56 Å². The maximum atomic E-state index is 12.3. The molecule has 0 aliphatic carbocycles. The van der Waals surface area contributed by atoms with Crippen molar-refractivity contribution in [2.24, 2.45) is 0 Å². The average Bonchev–Trinajstić information content (AvgIpc) is 2.64. The molecule has 132 valence electrons. The van der Waals surface area contributed by atoms with Crippen LogP contribution < -0.4 is 10.9 Å². The number of aromatic amines is 1. The van der Waals surface area contributed by atoms with Gasteiger partial charge >= 0.3 is 5.97 Å². The Bertz CT molecular complexity index is 998. The first kappa shape index (κ1) is 17.3. The van der Waals surface area contributed by atoms with Crippen molar-refractivity contribution in [2.45, 2.75) is 18.9 Å². The van der Waals surface area contributed by atoms with Crippen LogP contribution in [0.15, 0.2) is 59.4 Å². The number of nitrogens with zero attached hydrogens (tertiary/aromatic N) is 1. The minimum absolute atomic E-state index is 0.129. The van der Waals surface area contributed by atoms with Crippen LogP contribution in [-0.2, 0) is 22.4 Å². The molecule has 3 N–H and O–H groups in total. The highest BCUT2D eigenvalue weighted by Crippen LogP contribution is 2.13. The average molecular weight is 351 g/mol. The number of H-pyrrole nitrogens is 1. The van der Waals surface area contributed by atoms with Gasteiger partial charge in [-0.25, -0.2) is 9.89 Å². The second kappa shape index (κ2) is 7.60. The number of fused-ring (bicyclic) bond motifs is 1. The minimum atomic E-state index is -1.11. The first-order valence-corrected chi connectivity index (χ1v) is 8.07. The molecule has 0 bridgehead atoms. The van der Waals surface area contributed by atoms with Crippen LogP contribution in [-0.4, -0.2) is 33.2 Å². The maximum absolute atomic E-state index is 12.3. The SMILES string of the molecule is O=C(Cc1n[nH]c(=O)c2ccccc12)N[C@H](Cc1ccccc1)C(=O)O. The summed E-state index contributed by atoms with van der Waals surface area (Å²) in [5.74, 6) is -1.58. The smallest absolute Gasteiger partial charge is 0.326 e. The van der Waals surface area contributed by atoms with Gasteiger partial charge in [-0.2, -0.15) is 5.10 Å². The second-order valence-corrected chi connectivity index (χ2v) is 5.87. The molecule has 7 nitrogen and oxygen atoms in total. The molecule has 1 aromatic heterocycles. The molecule has 1 heterocycles. The van der Waals surface area contributed by atoms with Gasteiger partial charge < -0.3 is 10.4 Å². The van der Waals surface area contributed by atoms with Gasteiger partial charge in [0.2, 0.25) is 5.91 Å². The monoisotopic (exact) mass is 351 g/mol. The summed E-state index contributed by atoms with van der Waals surface area (Å²) in [6.07, 6.45) is 0.0532. The van der Waals surface area contributed by atoms with Crippen molar-refractivity contribution >= 4 is 22.6 Å². The third kappa shape index (κ3) is 3.94. The first-order chi connectivity index (χ1) is 12.5. The lowest BCUT2D eigenvalue weighted by Crippen LogP contribution is -2.43. The van der Waals surface area contributed by atoms with Gasteiger partial charge in [-0.05, 0) is 11.6 Å². The molecule has 0 radical (unpaired) electrons. The van der Waals surface area contributed by atoms with E-state index in [4.69, 9.17) is 0 Å². The molecule has 2 aromatic carbocycles. The standard InChI is InChI=1S/C19H17N3O4/c23-17(20-16(19(25)26)10-12-6-2-1-3-7-12)11-15-13-8-4-5-9-14(13)18(24)22-21-15/h1-9,16H,10-11H2,(H,20,23)(H,22,24)(H,25,26)/t16-/m1/s1. The van der Waals surface area contributed by atoms with Gasteiger partial charge in [-0.1, -0.05) is 48.5 Å². The van der Waals surface area contributed by atoms with Crippen molar-refractivity contribution in [1.29, 1.82) is 0 Å². The fraction of sp³-hybridized carbons (Fsp3) is 0.158. The van der Waals surface area contributed by atoms with E-state index in [2.05, 4.69) is 15.5 Å². The number of carboxylic acid groups (broad SMARTS) is 1. The number of amides is 1. The largest absolute Gasteiger partial charge is 0.480 e. The predicted octanol–water partition coefficient (Wildman–Crippen LogP) is 1.28. The predicted molar refractivity (Wildman–Crippen MR) is 95.8 cm³/mol. The van der Waals surface area contributed by atoms with Crippen LogP contribution in [0.4, 0.5) is 0 Å². The molecule has 0 unspecified atom stereocenters. The molecule has 0 saturated heterocycles. The lowest BCUT2D eigenvalue weighted by molar-refractivity contribution is -0.141. The van der Waals surface area contributed by atoms with E-state index < -0.39 is 17.9 Å². The van der Waals surface area contributed by atoms with Crippen LogP contribution in [0.3, 0.4) is 0 Å². The molecule has 0 aliphatic rings. The molecule has 7 heteroatoms. The Morgan fingerprint density at radius 2 is 1.69 bits per heavy atom. The highest BCUT2D eigenvalue weighted by atomic mass is 16.4. The molecule has 0 aliphatic heterocycles. The number of hydrogen-bond donors (Lipinski definition) is 3. The van der Waals surface area contributed by atoms with Crippen LogP contribution >= 0.6 is 0 Å². The highest BCUT2D eigenvalue weighted by molar-refractivity contribution is 5.90. The molecular weight excluding hydrogens is 334 g/mol. The summed E-state index contributed by atoms with van der Waals surface area (Å²) in [5, 5.41) is 19.2. The number of rotatable bonds is 6. The molecule has 0 fully saturated rings. The van der Waals surface area contributed by atoms with Crippen LogP contribution in [0.25, 0.3) is 10.8 Å². The summed E-state index contributed by atoms with van der Waals surface area (Å²) in [6.45, 7) is 0. The van der Waals surface area contributed by atoms with E-state index in [1.165, 1.54) is 0 Å². The normalized spacial score (nSPS) is 11.8. The zero-order chi connectivity index (χ0) is 18.5. The molecule has 26 heavy (non-hydrogen) atoms. The van der Waals surface area contributed by atoms with E-state index in [1.807, 2.05) is 18.2 Å². The second-order valence-electron chi connectivity index (χ2n) is 5.87. The number of hydrogen-bond acceptors (Lipinski definition) is 4. The molecule has 3 aromatic rings. The number of nitrogens with one attached hydrogen (secondary N) is 2. The quantitative estimate of drug-likeness (QED) is 0.619. The summed E-state index contributed by atoms with van der Waals surface area (Å²) in [7, 11) is 0. The summed E-state index contributed by atoms with van der Waals surface area (Å²) in [4.78, 5) is 35.6. The minimum Gasteiger partial charge on any atom is -0.480 e. The molecule has 1 atom stereocenters. The van der Waals surface area contributed by atoms with Crippen molar-refractivity contribution in [3.63, 3.8) is 0 Å². The molecule has 0 spiro atoms. The Kier molecular flexibility index (Phi) is 5.07. The Labute approximate surface area is 148 Å². The summed E-state index contributed by atoms with van der Waals surface area (Å²) in [5.41, 5.74) is 0.867. The fourth-order valence-corrected chi connectivity index (χ4v) is 2.75. The lowest BCUT2D eigenvalue weighted by Gasteiger charge is -2.15. The van der Waals surface area contributed by atoms with E-state index in [-0.39, 0.29) is 18.4 Å². The summed E-state index contributed by atoms with van der Waals surface area (Å²) >= 11 is 0. The maximum Gasteiger partial charge on any atom is 0.326 e. The van der Waals surface area contributed by atoms with Gasteiger partial charge in [0.05, 0.1) is 17.5 Å². The van der Waals surface area contributed by atoms with Crippen LogP contribution in [0.5, 0.6) is 0 Å². The fourth-order valence-electron chi connectivity index (χ4n) is 2.75. The van der Waals surface area contributed by atoms with E-state index in [0.29, 0.717) is 16.5 Å². The van der Waals surface area contributed by atoms with Crippen molar-refractivity contribution in [2.75, 3.05) is 0 Å². The van der Waals surface area contributed by atoms with E-state index in [9.17, 15) is 19.5 Å². The summed E-state index contributed by atoms with van der Waals surface area (Å²) in [6, 6.07) is 14.9. The van der Waals surface area contributed by atoms with E-state index in [1.54, 1.807) is 36.4 Å². The van der Waals surface area contributed by atoms with Crippen LogP contribution in [0.1, 0.15) is 11.3 Å². The number of benzene rings is 2. The van der Waals surface area contributed by atoms with Gasteiger partial charge in [-0.15, -0.1) is 0 Å². The van der Waals surface area contributed by atoms with E-state index >= 15 is 0 Å². The highest BCUT2D eigenvalue weighted by Gasteiger charge is 2.21. The lowest BCUT2D eigenvalue weighted by atomic mass is 10.1. The van der Waals surface area contributed by atoms with Crippen LogP contribution in [0.2, 0.25) is 0 Å². The zero-order valence-corrected chi connectivity index (χ0v) is 13.8. The Balaban J connectivity index is 1.76. The van der Waals surface area contributed by atoms with Crippen molar-refractivity contribution in [3.05, 3.63) is 76.2 Å². The van der Waals surface area contributed by atoms with Gasteiger partial charge in [0.25, 0.3) is 5.56 Å². The third-order valence-electron chi connectivity index (χ3n) is 4.02. The molecular formula is C19H17N3O4. The zero-order valence-electron chi connectivity index (χ0n) is 13.8. The Hall–Kier alpha value is -3.48. The Morgan fingerprint density at radius 3 is 2.38 bits per heavy atom. The summed E-state index contributed by atoms with van der Waals surface area (Å²) < 4.78 is 0. The van der Waals surface area contributed by atoms with Gasteiger partial charge in [-0.3, -0.25) is 9.59 Å². The number of carboxylic acids is 1.